The fourth-order valence-corrected chi connectivity index (χ4v) is 6.43. The molecular formula is C22H30O11P2. The average Bonchev–Trinajstić information content (AvgIpc) is 3.15. The molecule has 2 aromatic carbocycles. The number of hydrogen-bond acceptors (Lipinski definition) is 7. The Morgan fingerprint density at radius 2 is 1.20 bits per heavy atom. The molecule has 3 aromatic rings. The van der Waals surface area contributed by atoms with E-state index in [2.05, 4.69) is 0 Å². The fourth-order valence-electron chi connectivity index (χ4n) is 4.21. The zero-order chi connectivity index (χ0) is 26.1. The molecule has 0 aliphatic heterocycles. The van der Waals surface area contributed by atoms with Crippen LogP contribution in [0.3, 0.4) is 0 Å². The van der Waals surface area contributed by atoms with Crippen LogP contribution in [0.15, 0.2) is 40.8 Å². The van der Waals surface area contributed by atoms with Crippen LogP contribution in [0, 0.1) is 0 Å². The van der Waals surface area contributed by atoms with E-state index >= 15 is 0 Å². The van der Waals surface area contributed by atoms with Crippen LogP contribution >= 0.6 is 15.2 Å². The topological polar surface area (TPSA) is 165 Å². The molecule has 11 nitrogen and oxygen atoms in total. The summed E-state index contributed by atoms with van der Waals surface area (Å²) < 4.78 is 54.5. The van der Waals surface area contributed by atoms with Crippen molar-refractivity contribution < 1.29 is 52.1 Å². The van der Waals surface area contributed by atoms with E-state index in [1.54, 1.807) is 24.3 Å². The molecule has 0 fully saturated rings. The van der Waals surface area contributed by atoms with Crippen LogP contribution in [0.5, 0.6) is 0 Å². The van der Waals surface area contributed by atoms with Gasteiger partial charge in [-0.25, -0.2) is 0 Å². The lowest BCUT2D eigenvalue weighted by atomic mass is 9.98. The monoisotopic (exact) mass is 532 g/mol. The second-order valence-electron chi connectivity index (χ2n) is 7.44. The van der Waals surface area contributed by atoms with E-state index in [9.17, 15) is 28.7 Å². The molecule has 0 radical (unpaired) electrons. The van der Waals surface area contributed by atoms with E-state index in [-0.39, 0.29) is 48.5 Å². The first-order valence-electron chi connectivity index (χ1n) is 11.1. The molecule has 194 valence electrons. The Kier molecular flexibility index (Phi) is 8.30. The quantitative estimate of drug-likeness (QED) is 0.194. The predicted octanol–water partition coefficient (Wildman–Crippen LogP) is 4.31. The van der Waals surface area contributed by atoms with E-state index < -0.39 is 26.2 Å². The predicted molar refractivity (Wildman–Crippen MR) is 128 cm³/mol. The van der Waals surface area contributed by atoms with Gasteiger partial charge in [0.25, 0.3) is 0 Å². The molecule has 0 saturated carbocycles. The summed E-state index contributed by atoms with van der Waals surface area (Å²) in [5, 5.41) is 0.560. The summed E-state index contributed by atoms with van der Waals surface area (Å²) in [6.07, 6.45) is 0. The molecule has 0 bridgehead atoms. The third kappa shape index (κ3) is 4.63. The molecule has 1 aromatic heterocycles. The largest absolute Gasteiger partial charge is 0.456 e. The summed E-state index contributed by atoms with van der Waals surface area (Å²) >= 11 is 0. The van der Waals surface area contributed by atoms with E-state index in [1.165, 1.54) is 39.8 Å². The lowest BCUT2D eigenvalue weighted by Crippen LogP contribution is -2.40. The fraction of sp³-hybridized carbons (Fsp3) is 0.455. The molecule has 0 spiro atoms. The highest BCUT2D eigenvalue weighted by Crippen LogP contribution is 2.66. The summed E-state index contributed by atoms with van der Waals surface area (Å²) in [7, 11) is -10.7. The lowest BCUT2D eigenvalue weighted by Gasteiger charge is -2.40. The van der Waals surface area contributed by atoms with Gasteiger partial charge in [0.2, 0.25) is 0 Å². The van der Waals surface area contributed by atoms with Gasteiger partial charge in [0.05, 0.1) is 0 Å². The molecule has 4 N–H and O–H groups in total. The van der Waals surface area contributed by atoms with Crippen LogP contribution in [0.1, 0.15) is 38.8 Å². The molecule has 0 unspecified atom stereocenters. The highest BCUT2D eigenvalue weighted by atomic mass is 31.2. The first-order valence-corrected chi connectivity index (χ1v) is 14.3. The zero-order valence-corrected chi connectivity index (χ0v) is 21.6. The summed E-state index contributed by atoms with van der Waals surface area (Å²) in [4.78, 5) is 42.2. The number of hydrogen-bond donors (Lipinski definition) is 4. The van der Waals surface area contributed by atoms with Crippen molar-refractivity contribution >= 4 is 37.1 Å². The first kappa shape index (κ1) is 28.0. The van der Waals surface area contributed by atoms with E-state index in [4.69, 9.17) is 23.4 Å². The molecule has 0 aliphatic carbocycles. The van der Waals surface area contributed by atoms with Gasteiger partial charge in [-0.15, -0.1) is 0 Å². The van der Waals surface area contributed by atoms with Crippen LogP contribution in [-0.2, 0) is 39.1 Å². The van der Waals surface area contributed by atoms with Crippen LogP contribution in [-0.4, -0.2) is 46.0 Å². The highest BCUT2D eigenvalue weighted by molar-refractivity contribution is 7.53. The van der Waals surface area contributed by atoms with Crippen molar-refractivity contribution in [1.29, 1.82) is 0 Å². The van der Waals surface area contributed by atoms with Gasteiger partial charge in [0.15, 0.2) is 0 Å². The number of rotatable bonds is 12. The maximum Gasteiger partial charge on any atom is 0.389 e. The Morgan fingerprint density at radius 1 is 0.714 bits per heavy atom. The van der Waals surface area contributed by atoms with Gasteiger partial charge >= 0.3 is 26.2 Å². The van der Waals surface area contributed by atoms with E-state index in [0.29, 0.717) is 11.0 Å². The van der Waals surface area contributed by atoms with Crippen molar-refractivity contribution in [3.8, 4) is 0 Å². The van der Waals surface area contributed by atoms with E-state index in [1.807, 2.05) is 0 Å². The molecule has 0 aliphatic rings. The summed E-state index contributed by atoms with van der Waals surface area (Å²) in [5.41, 5.74) is -5.60. The Balaban J connectivity index is 2.69. The van der Waals surface area contributed by atoms with Crippen LogP contribution in [0.25, 0.3) is 21.9 Å². The van der Waals surface area contributed by atoms with Crippen LogP contribution in [0.2, 0.25) is 0 Å². The number of para-hydroxylation sites is 1. The normalized spacial score (nSPS) is 13.7. The summed E-state index contributed by atoms with van der Waals surface area (Å²) in [6.45, 7) is 5.25. The second kappa shape index (κ2) is 10.4. The Morgan fingerprint density at radius 3 is 1.69 bits per heavy atom. The smallest absolute Gasteiger partial charge is 0.389 e. The van der Waals surface area contributed by atoms with Crippen molar-refractivity contribution in [3.05, 3.63) is 47.5 Å². The Labute approximate surface area is 202 Å². The summed E-state index contributed by atoms with van der Waals surface area (Å²) in [5.74, 6) is 0. The minimum absolute atomic E-state index is 0.139. The number of benzene rings is 2. The number of ether oxygens (including phenoxy) is 4. The molecule has 0 amide bonds. The maximum absolute atomic E-state index is 13.1. The van der Waals surface area contributed by atoms with Gasteiger partial charge in [0.1, 0.15) is 11.2 Å². The highest BCUT2D eigenvalue weighted by Gasteiger charge is 2.60. The van der Waals surface area contributed by atoms with Crippen molar-refractivity contribution in [3.63, 3.8) is 0 Å². The molecular weight excluding hydrogens is 502 g/mol. The number of furan rings is 1. The van der Waals surface area contributed by atoms with Crippen molar-refractivity contribution in [2.45, 2.75) is 38.8 Å². The molecule has 0 atom stereocenters. The second-order valence-corrected chi connectivity index (χ2v) is 10.8. The van der Waals surface area contributed by atoms with Gasteiger partial charge in [0, 0.05) is 48.3 Å². The first-order chi connectivity index (χ1) is 16.4. The van der Waals surface area contributed by atoms with Gasteiger partial charge < -0.3 is 42.9 Å². The lowest BCUT2D eigenvalue weighted by molar-refractivity contribution is -0.208. The van der Waals surface area contributed by atoms with E-state index in [0.717, 1.165) is 0 Å². The number of fused-ring (bicyclic) bond motifs is 3. The molecule has 35 heavy (non-hydrogen) atoms. The SMILES string of the molecule is CCOC(OCC)(c1ccc2oc3ccccc3c2c1C(OCC)(OCC)P(=O)(O)O)P(=O)(O)O. The molecule has 1 heterocycles. The minimum Gasteiger partial charge on any atom is -0.456 e. The van der Waals surface area contributed by atoms with Crippen molar-refractivity contribution in [2.75, 3.05) is 26.4 Å². The third-order valence-electron chi connectivity index (χ3n) is 5.33. The van der Waals surface area contributed by atoms with Gasteiger partial charge in [-0.1, -0.05) is 18.2 Å². The van der Waals surface area contributed by atoms with Crippen molar-refractivity contribution in [1.82, 2.24) is 0 Å². The Bertz CT molecular complexity index is 1260. The molecule has 13 heteroatoms. The van der Waals surface area contributed by atoms with Crippen molar-refractivity contribution in [2.24, 2.45) is 0 Å². The maximum atomic E-state index is 13.1. The standard InChI is InChI=1S/C22H30O11P2/c1-5-29-21(30-6-2,34(23,24)25)16-13-14-18-19(15-11-9-10-12-17(15)33-18)20(16)22(31-7-3,32-8-4)35(26,27)28/h9-14H,5-8H2,1-4H3,(H2,23,24,25)(H2,26,27,28). The molecule has 3 rings (SSSR count). The van der Waals surface area contributed by atoms with Gasteiger partial charge in [-0.05, 0) is 45.9 Å². The van der Waals surface area contributed by atoms with Gasteiger partial charge in [-0.3, -0.25) is 9.13 Å². The average molecular weight is 532 g/mol. The zero-order valence-electron chi connectivity index (χ0n) is 19.8. The van der Waals surface area contributed by atoms with Crippen LogP contribution < -0.4 is 0 Å². The minimum atomic E-state index is -5.36. The van der Waals surface area contributed by atoms with Gasteiger partial charge in [-0.2, -0.15) is 0 Å². The third-order valence-corrected chi connectivity index (χ3v) is 7.84. The van der Waals surface area contributed by atoms with Crippen LogP contribution in [0.4, 0.5) is 0 Å². The molecule has 0 saturated heterocycles. The Hall–Kier alpha value is -1.62. The summed E-state index contributed by atoms with van der Waals surface area (Å²) in [6, 6.07) is 9.38.